The Labute approximate surface area is 72.6 Å². The Kier molecular flexibility index (Phi) is 1.75. The molecule has 1 heterocycles. The number of aryl methyl sites for hydroxylation is 2. The lowest BCUT2D eigenvalue weighted by atomic mass is 10.2. The molecule has 0 radical (unpaired) electrons. The van der Waals surface area contributed by atoms with Gasteiger partial charge < -0.3 is 4.74 Å². The summed E-state index contributed by atoms with van der Waals surface area (Å²) in [5.41, 5.74) is 2.28. The van der Waals surface area contributed by atoms with E-state index in [-0.39, 0.29) is 0 Å². The molecule has 0 amide bonds. The van der Waals surface area contributed by atoms with E-state index in [1.807, 2.05) is 26.2 Å². The second kappa shape index (κ2) is 2.77. The first-order valence-corrected chi connectivity index (χ1v) is 4.35. The molecule has 1 aliphatic rings. The van der Waals surface area contributed by atoms with Crippen LogP contribution >= 0.6 is 0 Å². The summed E-state index contributed by atoms with van der Waals surface area (Å²) in [5.74, 6) is 1.03. The SMILES string of the molecule is Cc1cncc(C)c1OC1CC1. The predicted octanol–water partition coefficient (Wildman–Crippen LogP) is 2.24. The molecule has 0 aromatic carbocycles. The van der Waals surface area contributed by atoms with Crippen molar-refractivity contribution in [2.45, 2.75) is 32.8 Å². The quantitative estimate of drug-likeness (QED) is 0.667. The topological polar surface area (TPSA) is 22.1 Å². The molecule has 0 N–H and O–H groups in total. The molecule has 0 atom stereocenters. The summed E-state index contributed by atoms with van der Waals surface area (Å²) in [6.07, 6.45) is 6.60. The molecule has 2 nitrogen and oxygen atoms in total. The highest BCUT2D eigenvalue weighted by atomic mass is 16.5. The fourth-order valence-electron chi connectivity index (χ4n) is 1.23. The van der Waals surface area contributed by atoms with Gasteiger partial charge in [0.1, 0.15) is 5.75 Å². The molecule has 1 fully saturated rings. The molecule has 2 rings (SSSR count). The monoisotopic (exact) mass is 163 g/mol. The maximum absolute atomic E-state index is 5.75. The molecule has 0 unspecified atom stereocenters. The van der Waals surface area contributed by atoms with Crippen molar-refractivity contribution in [2.75, 3.05) is 0 Å². The molecule has 0 aliphatic heterocycles. The van der Waals surface area contributed by atoms with Crippen molar-refractivity contribution in [3.05, 3.63) is 23.5 Å². The third kappa shape index (κ3) is 1.42. The minimum Gasteiger partial charge on any atom is -0.490 e. The van der Waals surface area contributed by atoms with Crippen LogP contribution in [0.25, 0.3) is 0 Å². The first-order chi connectivity index (χ1) is 5.77. The van der Waals surface area contributed by atoms with Gasteiger partial charge in [0.2, 0.25) is 0 Å². The van der Waals surface area contributed by atoms with Crippen molar-refractivity contribution in [1.82, 2.24) is 4.98 Å². The normalized spacial score (nSPS) is 16.2. The Morgan fingerprint density at radius 1 is 1.25 bits per heavy atom. The van der Waals surface area contributed by atoms with E-state index in [9.17, 15) is 0 Å². The van der Waals surface area contributed by atoms with Gasteiger partial charge in [0.25, 0.3) is 0 Å². The number of hydrogen-bond acceptors (Lipinski definition) is 2. The van der Waals surface area contributed by atoms with Gasteiger partial charge in [0, 0.05) is 23.5 Å². The molecular weight excluding hydrogens is 150 g/mol. The van der Waals surface area contributed by atoms with Gasteiger partial charge in [-0.1, -0.05) is 0 Å². The van der Waals surface area contributed by atoms with Crippen molar-refractivity contribution < 1.29 is 4.74 Å². The minimum atomic E-state index is 0.477. The average Bonchev–Trinajstić information content (AvgIpc) is 2.80. The highest BCUT2D eigenvalue weighted by Crippen LogP contribution is 2.30. The van der Waals surface area contributed by atoms with E-state index in [1.165, 1.54) is 12.8 Å². The molecule has 1 aliphatic carbocycles. The van der Waals surface area contributed by atoms with Gasteiger partial charge in [-0.25, -0.2) is 0 Å². The second-order valence-electron chi connectivity index (χ2n) is 3.42. The van der Waals surface area contributed by atoms with Gasteiger partial charge in [-0.2, -0.15) is 0 Å². The van der Waals surface area contributed by atoms with Crippen LogP contribution in [0.1, 0.15) is 24.0 Å². The Morgan fingerprint density at radius 2 is 1.83 bits per heavy atom. The zero-order chi connectivity index (χ0) is 8.55. The molecule has 1 aromatic rings. The molecule has 2 heteroatoms. The van der Waals surface area contributed by atoms with Crippen LogP contribution in [0.5, 0.6) is 5.75 Å². The number of ether oxygens (including phenoxy) is 1. The van der Waals surface area contributed by atoms with Crippen molar-refractivity contribution >= 4 is 0 Å². The summed E-state index contributed by atoms with van der Waals surface area (Å²) in [6, 6.07) is 0. The van der Waals surface area contributed by atoms with E-state index < -0.39 is 0 Å². The van der Waals surface area contributed by atoms with Gasteiger partial charge in [-0.05, 0) is 26.7 Å². The number of nitrogens with zero attached hydrogens (tertiary/aromatic N) is 1. The van der Waals surface area contributed by atoms with E-state index >= 15 is 0 Å². The van der Waals surface area contributed by atoms with Gasteiger partial charge in [-0.15, -0.1) is 0 Å². The van der Waals surface area contributed by atoms with Gasteiger partial charge in [0.05, 0.1) is 6.10 Å². The van der Waals surface area contributed by atoms with Crippen LogP contribution < -0.4 is 4.74 Å². The number of pyridine rings is 1. The van der Waals surface area contributed by atoms with E-state index in [0.717, 1.165) is 16.9 Å². The fourth-order valence-corrected chi connectivity index (χ4v) is 1.23. The van der Waals surface area contributed by atoms with Crippen LogP contribution in [0.15, 0.2) is 12.4 Å². The van der Waals surface area contributed by atoms with Crippen LogP contribution in [0, 0.1) is 13.8 Å². The van der Waals surface area contributed by atoms with Crippen LogP contribution in [0.2, 0.25) is 0 Å². The lowest BCUT2D eigenvalue weighted by Gasteiger charge is -2.09. The molecule has 0 spiro atoms. The maximum atomic E-state index is 5.75. The number of hydrogen-bond donors (Lipinski definition) is 0. The number of aromatic nitrogens is 1. The van der Waals surface area contributed by atoms with E-state index in [0.29, 0.717) is 6.10 Å². The highest BCUT2D eigenvalue weighted by molar-refractivity contribution is 5.37. The smallest absolute Gasteiger partial charge is 0.128 e. The Balaban J connectivity index is 2.26. The average molecular weight is 163 g/mol. The van der Waals surface area contributed by atoms with Crippen LogP contribution in [0.4, 0.5) is 0 Å². The van der Waals surface area contributed by atoms with Crippen LogP contribution in [-0.4, -0.2) is 11.1 Å². The lowest BCUT2D eigenvalue weighted by Crippen LogP contribution is -2.00. The summed E-state index contributed by atoms with van der Waals surface area (Å²) in [7, 11) is 0. The lowest BCUT2D eigenvalue weighted by molar-refractivity contribution is 0.298. The van der Waals surface area contributed by atoms with Gasteiger partial charge in [-0.3, -0.25) is 4.98 Å². The van der Waals surface area contributed by atoms with Gasteiger partial charge in [0.15, 0.2) is 0 Å². The Hall–Kier alpha value is -1.05. The molecule has 12 heavy (non-hydrogen) atoms. The Morgan fingerprint density at radius 3 is 2.33 bits per heavy atom. The second-order valence-corrected chi connectivity index (χ2v) is 3.42. The van der Waals surface area contributed by atoms with Crippen molar-refractivity contribution in [1.29, 1.82) is 0 Å². The van der Waals surface area contributed by atoms with Crippen molar-refractivity contribution in [2.24, 2.45) is 0 Å². The zero-order valence-corrected chi connectivity index (χ0v) is 7.50. The summed E-state index contributed by atoms with van der Waals surface area (Å²) in [4.78, 5) is 4.09. The summed E-state index contributed by atoms with van der Waals surface area (Å²) in [6.45, 7) is 4.08. The van der Waals surface area contributed by atoms with Gasteiger partial charge >= 0.3 is 0 Å². The van der Waals surface area contributed by atoms with Crippen molar-refractivity contribution in [3.8, 4) is 5.75 Å². The molecular formula is C10H13NO. The minimum absolute atomic E-state index is 0.477. The largest absolute Gasteiger partial charge is 0.490 e. The van der Waals surface area contributed by atoms with Crippen LogP contribution in [0.3, 0.4) is 0 Å². The highest BCUT2D eigenvalue weighted by Gasteiger charge is 2.24. The molecule has 1 aromatic heterocycles. The van der Waals surface area contributed by atoms with Crippen molar-refractivity contribution in [3.63, 3.8) is 0 Å². The first-order valence-electron chi connectivity index (χ1n) is 4.35. The summed E-state index contributed by atoms with van der Waals surface area (Å²) < 4.78 is 5.75. The molecule has 1 saturated carbocycles. The third-order valence-electron chi connectivity index (χ3n) is 2.06. The summed E-state index contributed by atoms with van der Waals surface area (Å²) >= 11 is 0. The van der Waals surface area contributed by atoms with E-state index in [1.54, 1.807) is 0 Å². The molecule has 0 saturated heterocycles. The third-order valence-corrected chi connectivity index (χ3v) is 2.06. The molecule has 64 valence electrons. The fraction of sp³-hybridized carbons (Fsp3) is 0.500. The summed E-state index contributed by atoms with van der Waals surface area (Å²) in [5, 5.41) is 0. The standard InChI is InChI=1S/C10H13NO/c1-7-5-11-6-8(2)10(7)12-9-3-4-9/h5-6,9H,3-4H2,1-2H3. The Bertz CT molecular complexity index is 272. The molecule has 0 bridgehead atoms. The van der Waals surface area contributed by atoms with Crippen LogP contribution in [-0.2, 0) is 0 Å². The van der Waals surface area contributed by atoms with E-state index in [2.05, 4.69) is 4.98 Å². The predicted molar refractivity (Wildman–Crippen MR) is 47.4 cm³/mol. The van der Waals surface area contributed by atoms with E-state index in [4.69, 9.17) is 4.74 Å². The number of rotatable bonds is 2. The maximum Gasteiger partial charge on any atom is 0.128 e. The zero-order valence-electron chi connectivity index (χ0n) is 7.50. The first kappa shape index (κ1) is 7.59.